The van der Waals surface area contributed by atoms with E-state index in [0.29, 0.717) is 5.41 Å². The molecule has 2 heteroatoms. The molecule has 0 bridgehead atoms. The molecule has 0 aromatic heterocycles. The van der Waals surface area contributed by atoms with Crippen molar-refractivity contribution in [2.75, 3.05) is 6.54 Å². The van der Waals surface area contributed by atoms with E-state index in [1.54, 1.807) is 0 Å². The van der Waals surface area contributed by atoms with Gasteiger partial charge in [-0.3, -0.25) is 0 Å². The molecular formula is C14H18ClN. The Labute approximate surface area is 102 Å². The molecule has 2 atom stereocenters. The lowest BCUT2D eigenvalue weighted by atomic mass is 9.95. The summed E-state index contributed by atoms with van der Waals surface area (Å²) in [6.07, 6.45) is 4.05. The fraction of sp³-hybridized carbons (Fsp3) is 0.571. The summed E-state index contributed by atoms with van der Waals surface area (Å²) in [5, 5.41) is 4.49. The number of benzene rings is 1. The summed E-state index contributed by atoms with van der Waals surface area (Å²) >= 11 is 6.05. The highest BCUT2D eigenvalue weighted by molar-refractivity contribution is 6.30. The molecule has 1 aromatic carbocycles. The topological polar surface area (TPSA) is 12.0 Å². The molecule has 1 N–H and O–H groups in total. The van der Waals surface area contributed by atoms with Gasteiger partial charge in [0.05, 0.1) is 0 Å². The van der Waals surface area contributed by atoms with E-state index in [-0.39, 0.29) is 0 Å². The standard InChI is InChI=1S/C14H18ClN/c1-14(10-3-2-4-12(15)7-10)8-11(14)9-16-13-5-6-13/h2-4,7,11,13,16H,5-6,8-9H2,1H3. The molecule has 16 heavy (non-hydrogen) atoms. The molecule has 0 spiro atoms. The molecule has 3 rings (SSSR count). The van der Waals surface area contributed by atoms with E-state index in [0.717, 1.165) is 17.0 Å². The van der Waals surface area contributed by atoms with Gasteiger partial charge in [0.2, 0.25) is 0 Å². The molecule has 2 fully saturated rings. The molecule has 0 aliphatic heterocycles. The molecule has 2 saturated carbocycles. The van der Waals surface area contributed by atoms with Crippen LogP contribution in [0.2, 0.25) is 5.02 Å². The molecule has 86 valence electrons. The average molecular weight is 236 g/mol. The van der Waals surface area contributed by atoms with Gasteiger partial charge in [-0.15, -0.1) is 0 Å². The molecular weight excluding hydrogens is 218 g/mol. The smallest absolute Gasteiger partial charge is 0.0408 e. The van der Waals surface area contributed by atoms with Crippen LogP contribution in [0.3, 0.4) is 0 Å². The third kappa shape index (κ3) is 1.99. The summed E-state index contributed by atoms with van der Waals surface area (Å²) in [6, 6.07) is 9.17. The Balaban J connectivity index is 1.65. The van der Waals surface area contributed by atoms with Crippen LogP contribution in [0.1, 0.15) is 31.7 Å². The van der Waals surface area contributed by atoms with Crippen molar-refractivity contribution in [3.63, 3.8) is 0 Å². The number of hydrogen-bond donors (Lipinski definition) is 1. The van der Waals surface area contributed by atoms with Crippen molar-refractivity contribution in [2.45, 2.75) is 37.6 Å². The molecule has 1 aromatic rings. The summed E-state index contributed by atoms with van der Waals surface area (Å²) in [7, 11) is 0. The summed E-state index contributed by atoms with van der Waals surface area (Å²) in [5.41, 5.74) is 1.77. The summed E-state index contributed by atoms with van der Waals surface area (Å²) in [6.45, 7) is 3.53. The molecule has 2 unspecified atom stereocenters. The van der Waals surface area contributed by atoms with E-state index in [9.17, 15) is 0 Å². The van der Waals surface area contributed by atoms with Crippen LogP contribution in [0.5, 0.6) is 0 Å². The van der Waals surface area contributed by atoms with Crippen LogP contribution < -0.4 is 5.32 Å². The summed E-state index contributed by atoms with van der Waals surface area (Å²) in [5.74, 6) is 0.798. The van der Waals surface area contributed by atoms with Crippen LogP contribution >= 0.6 is 11.6 Å². The Morgan fingerprint density at radius 2 is 2.25 bits per heavy atom. The van der Waals surface area contributed by atoms with Gasteiger partial charge in [-0.05, 0) is 54.8 Å². The van der Waals surface area contributed by atoms with Gasteiger partial charge in [0, 0.05) is 11.1 Å². The van der Waals surface area contributed by atoms with Crippen molar-refractivity contribution >= 4 is 11.6 Å². The van der Waals surface area contributed by atoms with Gasteiger partial charge in [0.15, 0.2) is 0 Å². The first-order valence-electron chi connectivity index (χ1n) is 6.18. The molecule has 0 radical (unpaired) electrons. The monoisotopic (exact) mass is 235 g/mol. The van der Waals surface area contributed by atoms with E-state index in [1.807, 2.05) is 6.07 Å². The highest BCUT2D eigenvalue weighted by atomic mass is 35.5. The number of hydrogen-bond acceptors (Lipinski definition) is 1. The maximum absolute atomic E-state index is 6.05. The minimum absolute atomic E-state index is 0.368. The van der Waals surface area contributed by atoms with E-state index in [2.05, 4.69) is 30.4 Å². The van der Waals surface area contributed by atoms with Gasteiger partial charge in [0.25, 0.3) is 0 Å². The zero-order valence-electron chi connectivity index (χ0n) is 9.67. The first-order valence-corrected chi connectivity index (χ1v) is 6.56. The summed E-state index contributed by atoms with van der Waals surface area (Å²) in [4.78, 5) is 0. The molecule has 0 heterocycles. The van der Waals surface area contributed by atoms with Crippen molar-refractivity contribution in [1.29, 1.82) is 0 Å². The quantitative estimate of drug-likeness (QED) is 0.844. The number of halogens is 1. The SMILES string of the molecule is CC1(c2cccc(Cl)c2)CC1CNC1CC1. The van der Waals surface area contributed by atoms with Crippen LogP contribution in [0.25, 0.3) is 0 Å². The number of rotatable bonds is 4. The normalized spacial score (nSPS) is 32.8. The second-order valence-corrected chi connectivity index (χ2v) is 5.95. The zero-order valence-corrected chi connectivity index (χ0v) is 10.4. The third-order valence-corrected chi connectivity index (χ3v) is 4.36. The Bertz CT molecular complexity index is 399. The Hall–Kier alpha value is -0.530. The Kier molecular flexibility index (Phi) is 2.49. The molecule has 2 aliphatic rings. The lowest BCUT2D eigenvalue weighted by Crippen LogP contribution is -2.22. The Morgan fingerprint density at radius 3 is 2.94 bits per heavy atom. The van der Waals surface area contributed by atoms with Gasteiger partial charge >= 0.3 is 0 Å². The lowest BCUT2D eigenvalue weighted by Gasteiger charge is -2.12. The van der Waals surface area contributed by atoms with Crippen molar-refractivity contribution in [3.05, 3.63) is 34.9 Å². The largest absolute Gasteiger partial charge is 0.314 e. The van der Waals surface area contributed by atoms with Crippen LogP contribution in [0.4, 0.5) is 0 Å². The fourth-order valence-electron chi connectivity index (χ4n) is 2.54. The second kappa shape index (κ2) is 3.75. The Morgan fingerprint density at radius 1 is 1.44 bits per heavy atom. The highest BCUT2D eigenvalue weighted by Crippen LogP contribution is 2.54. The maximum Gasteiger partial charge on any atom is 0.0408 e. The van der Waals surface area contributed by atoms with Crippen LogP contribution in [0, 0.1) is 5.92 Å². The predicted octanol–water partition coefficient (Wildman–Crippen LogP) is 3.37. The third-order valence-electron chi connectivity index (χ3n) is 4.13. The fourth-order valence-corrected chi connectivity index (χ4v) is 2.73. The second-order valence-electron chi connectivity index (χ2n) is 5.51. The molecule has 0 amide bonds. The van der Waals surface area contributed by atoms with Gasteiger partial charge in [-0.1, -0.05) is 30.7 Å². The van der Waals surface area contributed by atoms with E-state index in [4.69, 9.17) is 11.6 Å². The number of nitrogens with one attached hydrogen (secondary N) is 1. The maximum atomic E-state index is 6.05. The van der Waals surface area contributed by atoms with Crippen LogP contribution in [-0.2, 0) is 5.41 Å². The highest BCUT2D eigenvalue weighted by Gasteiger charge is 2.50. The van der Waals surface area contributed by atoms with Gasteiger partial charge in [-0.2, -0.15) is 0 Å². The molecule has 1 nitrogen and oxygen atoms in total. The zero-order chi connectivity index (χ0) is 11.2. The lowest BCUT2D eigenvalue weighted by molar-refractivity contribution is 0.576. The average Bonchev–Trinajstić information content (AvgIpc) is 3.13. The first kappa shape index (κ1) is 10.6. The van der Waals surface area contributed by atoms with Gasteiger partial charge in [-0.25, -0.2) is 0 Å². The minimum atomic E-state index is 0.368. The van der Waals surface area contributed by atoms with Crippen molar-refractivity contribution in [3.8, 4) is 0 Å². The van der Waals surface area contributed by atoms with Gasteiger partial charge in [0.1, 0.15) is 0 Å². The van der Waals surface area contributed by atoms with E-state index < -0.39 is 0 Å². The van der Waals surface area contributed by atoms with E-state index in [1.165, 1.54) is 31.4 Å². The molecule has 2 aliphatic carbocycles. The van der Waals surface area contributed by atoms with Crippen molar-refractivity contribution in [1.82, 2.24) is 5.32 Å². The predicted molar refractivity (Wildman–Crippen MR) is 67.9 cm³/mol. The van der Waals surface area contributed by atoms with Crippen molar-refractivity contribution < 1.29 is 0 Å². The summed E-state index contributed by atoms with van der Waals surface area (Å²) < 4.78 is 0. The van der Waals surface area contributed by atoms with Crippen LogP contribution in [0.15, 0.2) is 24.3 Å². The van der Waals surface area contributed by atoms with Crippen molar-refractivity contribution in [2.24, 2.45) is 5.92 Å². The van der Waals surface area contributed by atoms with E-state index >= 15 is 0 Å². The molecule has 0 saturated heterocycles. The van der Waals surface area contributed by atoms with Gasteiger partial charge < -0.3 is 5.32 Å². The van der Waals surface area contributed by atoms with Crippen LogP contribution in [-0.4, -0.2) is 12.6 Å². The first-order chi connectivity index (χ1) is 7.68. The minimum Gasteiger partial charge on any atom is -0.314 e.